The number of anilines is 1. The zero-order valence-electron chi connectivity index (χ0n) is 14.1. The number of hydrogen-bond acceptors (Lipinski definition) is 3. The highest BCUT2D eigenvalue weighted by molar-refractivity contribution is 5.91. The molecule has 0 unspecified atom stereocenters. The summed E-state index contributed by atoms with van der Waals surface area (Å²) in [5.41, 5.74) is 1.84. The van der Waals surface area contributed by atoms with E-state index < -0.39 is 6.04 Å². The lowest BCUT2D eigenvalue weighted by Crippen LogP contribution is -2.34. The molecule has 1 aromatic heterocycles. The number of nitrogens with zero attached hydrogens (tertiary/aromatic N) is 2. The Kier molecular flexibility index (Phi) is 4.52. The van der Waals surface area contributed by atoms with Crippen molar-refractivity contribution in [2.24, 2.45) is 7.05 Å². The van der Waals surface area contributed by atoms with Crippen molar-refractivity contribution in [2.45, 2.75) is 19.4 Å². The predicted octanol–water partition coefficient (Wildman–Crippen LogP) is 2.29. The number of carbonyl (C=O) groups excluding carboxylic acids is 2. The van der Waals surface area contributed by atoms with Crippen LogP contribution >= 0.6 is 0 Å². The van der Waals surface area contributed by atoms with Gasteiger partial charge in [0.15, 0.2) is 0 Å². The molecule has 3 rings (SSSR count). The summed E-state index contributed by atoms with van der Waals surface area (Å²) in [5, 5.41) is 2.65. The Morgan fingerprint density at radius 2 is 1.92 bits per heavy atom. The summed E-state index contributed by atoms with van der Waals surface area (Å²) in [6.45, 7) is 1.47. The summed E-state index contributed by atoms with van der Waals surface area (Å²) in [5.74, 6) is -0.455. The molecule has 0 fully saturated rings. The maximum atomic E-state index is 12.5. The molecule has 128 valence electrons. The molecule has 2 aromatic rings. The van der Waals surface area contributed by atoms with Crippen molar-refractivity contribution < 1.29 is 9.59 Å². The number of aryl methyl sites for hydroxylation is 1. The van der Waals surface area contributed by atoms with E-state index in [0.29, 0.717) is 0 Å². The van der Waals surface area contributed by atoms with Crippen molar-refractivity contribution in [3.63, 3.8) is 0 Å². The molecule has 0 radical (unpaired) electrons. The molecule has 1 N–H and O–H groups in total. The van der Waals surface area contributed by atoms with Crippen molar-refractivity contribution >= 4 is 23.6 Å². The van der Waals surface area contributed by atoms with Crippen LogP contribution in [0.1, 0.15) is 30.5 Å². The Balaban J connectivity index is 1.85. The third-order valence-corrected chi connectivity index (χ3v) is 4.25. The first-order chi connectivity index (χ1) is 12.0. The van der Waals surface area contributed by atoms with Crippen molar-refractivity contribution in [3.05, 3.63) is 70.3 Å². The van der Waals surface area contributed by atoms with Gasteiger partial charge in [-0.15, -0.1) is 0 Å². The average molecular weight is 337 g/mol. The zero-order valence-corrected chi connectivity index (χ0v) is 14.1. The monoisotopic (exact) mass is 337 g/mol. The van der Waals surface area contributed by atoms with Gasteiger partial charge in [-0.1, -0.05) is 24.3 Å². The number of aromatic nitrogens is 1. The van der Waals surface area contributed by atoms with Gasteiger partial charge in [0.25, 0.3) is 5.56 Å². The van der Waals surface area contributed by atoms with Crippen LogP contribution in [0.5, 0.6) is 0 Å². The van der Waals surface area contributed by atoms with Crippen LogP contribution in [0.25, 0.3) is 6.08 Å². The smallest absolute Gasteiger partial charge is 0.274 e. The summed E-state index contributed by atoms with van der Waals surface area (Å²) >= 11 is 0. The molecule has 1 aliphatic rings. The first-order valence-electron chi connectivity index (χ1n) is 7.99. The normalized spacial score (nSPS) is 15.6. The van der Waals surface area contributed by atoms with E-state index in [-0.39, 0.29) is 29.5 Å². The molecular formula is C19H19N3O3. The Morgan fingerprint density at radius 3 is 2.68 bits per heavy atom. The number of nitrogens with one attached hydrogen (secondary N) is 1. The highest BCUT2D eigenvalue weighted by Gasteiger charge is 2.28. The lowest BCUT2D eigenvalue weighted by atomic mass is 9.93. The molecule has 6 heteroatoms. The summed E-state index contributed by atoms with van der Waals surface area (Å²) in [7, 11) is 1.62. The van der Waals surface area contributed by atoms with Gasteiger partial charge >= 0.3 is 0 Å². The summed E-state index contributed by atoms with van der Waals surface area (Å²) in [6, 6.07) is 10.5. The number of rotatable bonds is 3. The molecule has 1 aliphatic heterocycles. The Bertz CT molecular complexity index is 914. The van der Waals surface area contributed by atoms with Crippen LogP contribution in [0, 0.1) is 0 Å². The van der Waals surface area contributed by atoms with Crippen LogP contribution in [0.3, 0.4) is 0 Å². The summed E-state index contributed by atoms with van der Waals surface area (Å²) in [4.78, 5) is 38.0. The van der Waals surface area contributed by atoms with Gasteiger partial charge in [0.1, 0.15) is 5.69 Å². The zero-order chi connectivity index (χ0) is 18.0. The third-order valence-electron chi connectivity index (χ3n) is 4.25. The Hall–Kier alpha value is -3.15. The van der Waals surface area contributed by atoms with Crippen LogP contribution in [-0.2, 0) is 16.6 Å². The van der Waals surface area contributed by atoms with Crippen LogP contribution < -0.4 is 10.9 Å². The average Bonchev–Trinajstić information content (AvgIpc) is 2.59. The van der Waals surface area contributed by atoms with Crippen molar-refractivity contribution in [1.82, 2.24) is 9.47 Å². The Morgan fingerprint density at radius 1 is 1.16 bits per heavy atom. The number of hydrogen-bond donors (Lipinski definition) is 1. The standard InChI is InChI=1S/C19H19N3O3/c1-13(23)22-11-9-14-6-3-4-7-15(14)17(22)12-18(24)20-16-8-5-10-21(2)19(16)25/h3-11,17H,12H2,1-2H3,(H,20,24)/t17-/m0/s1. The van der Waals surface area contributed by atoms with E-state index in [9.17, 15) is 14.4 Å². The molecule has 25 heavy (non-hydrogen) atoms. The highest BCUT2D eigenvalue weighted by Crippen LogP contribution is 2.32. The fourth-order valence-electron chi connectivity index (χ4n) is 2.98. The number of benzene rings is 1. The second kappa shape index (κ2) is 6.76. The molecule has 0 spiro atoms. The molecule has 0 aliphatic carbocycles. The minimum absolute atomic E-state index is 0.0684. The van der Waals surface area contributed by atoms with E-state index in [0.717, 1.165) is 11.1 Å². The van der Waals surface area contributed by atoms with Crippen LogP contribution in [0.2, 0.25) is 0 Å². The number of carbonyl (C=O) groups is 2. The van der Waals surface area contributed by atoms with E-state index in [1.165, 1.54) is 11.5 Å². The number of fused-ring (bicyclic) bond motifs is 1. The van der Waals surface area contributed by atoms with E-state index >= 15 is 0 Å². The third kappa shape index (κ3) is 3.38. The molecule has 1 aromatic carbocycles. The van der Waals surface area contributed by atoms with Crippen LogP contribution in [-0.4, -0.2) is 21.3 Å². The van der Waals surface area contributed by atoms with Gasteiger partial charge in [0.2, 0.25) is 11.8 Å². The van der Waals surface area contributed by atoms with Gasteiger partial charge in [0.05, 0.1) is 12.5 Å². The summed E-state index contributed by atoms with van der Waals surface area (Å²) < 4.78 is 1.40. The van der Waals surface area contributed by atoms with E-state index in [4.69, 9.17) is 0 Å². The first-order valence-corrected chi connectivity index (χ1v) is 7.99. The lowest BCUT2D eigenvalue weighted by Gasteiger charge is -2.32. The topological polar surface area (TPSA) is 71.4 Å². The highest BCUT2D eigenvalue weighted by atomic mass is 16.2. The molecule has 1 atom stereocenters. The van der Waals surface area contributed by atoms with Crippen molar-refractivity contribution in [2.75, 3.05) is 5.32 Å². The van der Waals surface area contributed by atoms with E-state index in [1.807, 2.05) is 30.3 Å². The second-order valence-electron chi connectivity index (χ2n) is 5.98. The molecule has 0 saturated heterocycles. The quantitative estimate of drug-likeness (QED) is 0.934. The molecule has 6 nitrogen and oxygen atoms in total. The molecular weight excluding hydrogens is 318 g/mol. The summed E-state index contributed by atoms with van der Waals surface area (Å²) in [6.07, 6.45) is 5.25. The van der Waals surface area contributed by atoms with Gasteiger partial charge < -0.3 is 14.8 Å². The van der Waals surface area contributed by atoms with Gasteiger partial charge in [-0.05, 0) is 29.3 Å². The Labute approximate surface area is 145 Å². The fraction of sp³-hybridized carbons (Fsp3) is 0.211. The van der Waals surface area contributed by atoms with E-state index in [2.05, 4.69) is 5.32 Å². The molecule has 0 saturated carbocycles. The molecule has 2 heterocycles. The number of amides is 2. The van der Waals surface area contributed by atoms with Gasteiger partial charge in [-0.3, -0.25) is 14.4 Å². The second-order valence-corrected chi connectivity index (χ2v) is 5.98. The van der Waals surface area contributed by atoms with E-state index in [1.54, 1.807) is 36.5 Å². The number of pyridine rings is 1. The molecule has 0 bridgehead atoms. The van der Waals surface area contributed by atoms with Crippen LogP contribution in [0.4, 0.5) is 5.69 Å². The first kappa shape index (κ1) is 16.7. The van der Waals surface area contributed by atoms with Crippen LogP contribution in [0.15, 0.2) is 53.6 Å². The van der Waals surface area contributed by atoms with Gasteiger partial charge in [-0.2, -0.15) is 0 Å². The predicted molar refractivity (Wildman–Crippen MR) is 95.7 cm³/mol. The maximum absolute atomic E-state index is 12.5. The minimum Gasteiger partial charge on any atom is -0.321 e. The largest absolute Gasteiger partial charge is 0.321 e. The SMILES string of the molecule is CC(=O)N1C=Cc2ccccc2[C@@H]1CC(=O)Nc1cccn(C)c1=O. The van der Waals surface area contributed by atoms with Gasteiger partial charge in [0, 0.05) is 26.4 Å². The molecule has 2 amide bonds. The maximum Gasteiger partial charge on any atom is 0.274 e. The fourth-order valence-corrected chi connectivity index (χ4v) is 2.98. The van der Waals surface area contributed by atoms with Gasteiger partial charge in [-0.25, -0.2) is 0 Å². The van der Waals surface area contributed by atoms with Crippen molar-refractivity contribution in [3.8, 4) is 0 Å². The van der Waals surface area contributed by atoms with Crippen molar-refractivity contribution in [1.29, 1.82) is 0 Å². The lowest BCUT2D eigenvalue weighted by molar-refractivity contribution is -0.129. The minimum atomic E-state index is -0.397.